The zero-order chi connectivity index (χ0) is 14.0. The van der Waals surface area contributed by atoms with Gasteiger partial charge in [-0.1, -0.05) is 0 Å². The first-order valence-electron chi connectivity index (χ1n) is 6.09. The Bertz CT molecular complexity index is 508. The molecule has 0 aromatic heterocycles. The molecule has 1 aromatic rings. The lowest BCUT2D eigenvalue weighted by Gasteiger charge is -2.44. The molecule has 1 saturated heterocycles. The Kier molecular flexibility index (Phi) is 3.45. The summed E-state index contributed by atoms with van der Waals surface area (Å²) in [6.45, 7) is 4.05. The number of carbonyl (C=O) groups excluding carboxylic acids is 1. The summed E-state index contributed by atoms with van der Waals surface area (Å²) >= 11 is 0. The molecule has 1 amide bonds. The van der Waals surface area contributed by atoms with Crippen LogP contribution in [0.4, 0.5) is 0 Å². The van der Waals surface area contributed by atoms with Crippen molar-refractivity contribution in [2.24, 2.45) is 0 Å². The highest BCUT2D eigenvalue weighted by atomic mass is 16.5. The molecule has 1 heterocycles. The van der Waals surface area contributed by atoms with E-state index < -0.39 is 11.7 Å². The molecule has 5 heteroatoms. The van der Waals surface area contributed by atoms with Crippen LogP contribution in [0.3, 0.4) is 0 Å². The van der Waals surface area contributed by atoms with Gasteiger partial charge in [0, 0.05) is 0 Å². The Morgan fingerprint density at radius 2 is 2.05 bits per heavy atom. The smallest absolute Gasteiger partial charge is 0.263 e. The van der Waals surface area contributed by atoms with E-state index in [1.165, 1.54) is 0 Å². The highest BCUT2D eigenvalue weighted by Gasteiger charge is 2.41. The molecule has 1 unspecified atom stereocenters. The molecular weight excluding hydrogens is 244 g/mol. The number of nitriles is 1. The van der Waals surface area contributed by atoms with Crippen LogP contribution >= 0.6 is 0 Å². The van der Waals surface area contributed by atoms with E-state index >= 15 is 0 Å². The molecule has 5 nitrogen and oxygen atoms in total. The monoisotopic (exact) mass is 260 g/mol. The maximum Gasteiger partial charge on any atom is 0.263 e. The summed E-state index contributed by atoms with van der Waals surface area (Å²) < 4.78 is 5.52. The van der Waals surface area contributed by atoms with Gasteiger partial charge in [0.1, 0.15) is 5.75 Å². The van der Waals surface area contributed by atoms with Crippen LogP contribution in [0.25, 0.3) is 0 Å². The quantitative estimate of drug-likeness (QED) is 0.877. The van der Waals surface area contributed by atoms with E-state index in [0.717, 1.165) is 0 Å². The van der Waals surface area contributed by atoms with Crippen molar-refractivity contribution >= 4 is 5.91 Å². The molecular formula is C14H16N2O3. The molecule has 1 atom stereocenters. The molecule has 0 bridgehead atoms. The third-order valence-electron chi connectivity index (χ3n) is 3.02. The normalized spacial score (nSPS) is 18.1. The van der Waals surface area contributed by atoms with E-state index in [1.54, 1.807) is 43.0 Å². The number of aliphatic hydroxyl groups is 1. The molecule has 0 spiro atoms. The average molecular weight is 260 g/mol. The van der Waals surface area contributed by atoms with Crippen LogP contribution in [0.5, 0.6) is 5.75 Å². The molecule has 1 aromatic carbocycles. The van der Waals surface area contributed by atoms with Gasteiger partial charge in [-0.3, -0.25) is 4.79 Å². The zero-order valence-corrected chi connectivity index (χ0v) is 11.0. The predicted molar refractivity (Wildman–Crippen MR) is 68.5 cm³/mol. The minimum absolute atomic E-state index is 0.143. The topological polar surface area (TPSA) is 73.6 Å². The minimum Gasteiger partial charge on any atom is -0.481 e. The van der Waals surface area contributed by atoms with Crippen LogP contribution in [0, 0.1) is 11.3 Å². The summed E-state index contributed by atoms with van der Waals surface area (Å²) in [5.74, 6) is 0.406. The van der Waals surface area contributed by atoms with Crippen molar-refractivity contribution in [3.05, 3.63) is 29.8 Å². The first kappa shape index (κ1) is 13.4. The number of likely N-dealkylation sites (tertiary alicyclic amines) is 1. The molecule has 0 saturated carbocycles. The van der Waals surface area contributed by atoms with Crippen molar-refractivity contribution < 1.29 is 14.6 Å². The maximum atomic E-state index is 12.0. The number of nitrogens with zero attached hydrogens (tertiary/aromatic N) is 2. The fraction of sp³-hybridized carbons (Fsp3) is 0.429. The lowest BCUT2D eigenvalue weighted by molar-refractivity contribution is -0.158. The van der Waals surface area contributed by atoms with Gasteiger partial charge >= 0.3 is 0 Å². The predicted octanol–water partition coefficient (Wildman–Crippen LogP) is 0.919. The fourth-order valence-corrected chi connectivity index (χ4v) is 2.05. The van der Waals surface area contributed by atoms with Crippen LogP contribution in [0.2, 0.25) is 0 Å². The second-order valence-electron chi connectivity index (χ2n) is 5.09. The van der Waals surface area contributed by atoms with Gasteiger partial charge in [-0.2, -0.15) is 5.26 Å². The summed E-state index contributed by atoms with van der Waals surface area (Å²) in [7, 11) is 0. The zero-order valence-electron chi connectivity index (χ0n) is 11.0. The molecule has 2 rings (SSSR count). The van der Waals surface area contributed by atoms with E-state index in [9.17, 15) is 9.90 Å². The van der Waals surface area contributed by atoms with Crippen molar-refractivity contribution in [2.45, 2.75) is 25.6 Å². The Labute approximate surface area is 112 Å². The lowest BCUT2D eigenvalue weighted by atomic mass is 9.96. The molecule has 1 aliphatic heterocycles. The van der Waals surface area contributed by atoms with Crippen molar-refractivity contribution in [3.8, 4) is 11.8 Å². The average Bonchev–Trinajstić information content (AvgIpc) is 2.35. The van der Waals surface area contributed by atoms with Crippen LogP contribution in [0.1, 0.15) is 19.4 Å². The first-order valence-corrected chi connectivity index (χ1v) is 6.09. The Hall–Kier alpha value is -2.06. The number of amides is 1. The summed E-state index contributed by atoms with van der Waals surface area (Å²) in [5, 5.41) is 18.3. The Balaban J connectivity index is 1.92. The second kappa shape index (κ2) is 4.90. The molecule has 0 aliphatic carbocycles. The molecule has 0 radical (unpaired) electrons. The summed E-state index contributed by atoms with van der Waals surface area (Å²) in [6.07, 6.45) is -0.607. The minimum atomic E-state index is -0.774. The molecule has 1 aliphatic rings. The van der Waals surface area contributed by atoms with Gasteiger partial charge < -0.3 is 14.7 Å². The van der Waals surface area contributed by atoms with Gasteiger partial charge in [-0.15, -0.1) is 0 Å². The van der Waals surface area contributed by atoms with E-state index in [-0.39, 0.29) is 5.91 Å². The second-order valence-corrected chi connectivity index (χ2v) is 5.09. The number of benzene rings is 1. The number of carbonyl (C=O) groups is 1. The largest absolute Gasteiger partial charge is 0.481 e. The SMILES string of the molecule is CC(Oc1ccc(C#N)cc1)C(=O)N1CC(C)(O)C1. The van der Waals surface area contributed by atoms with Gasteiger partial charge in [0.2, 0.25) is 0 Å². The summed E-state index contributed by atoms with van der Waals surface area (Å²) in [6, 6.07) is 8.62. The number of hydrogen-bond acceptors (Lipinski definition) is 4. The van der Waals surface area contributed by atoms with Crippen molar-refractivity contribution in [1.29, 1.82) is 5.26 Å². The van der Waals surface area contributed by atoms with Crippen LogP contribution in [-0.2, 0) is 4.79 Å². The maximum absolute atomic E-state index is 12.0. The summed E-state index contributed by atoms with van der Waals surface area (Å²) in [4.78, 5) is 13.5. The Morgan fingerprint density at radius 3 is 2.53 bits per heavy atom. The van der Waals surface area contributed by atoms with E-state index in [1.807, 2.05) is 6.07 Å². The summed E-state index contributed by atoms with van der Waals surface area (Å²) in [5.41, 5.74) is -0.228. The standard InChI is InChI=1S/C14H16N2O3/c1-10(13(17)16-8-14(2,18)9-16)19-12-5-3-11(7-15)4-6-12/h3-6,10,18H,8-9H2,1-2H3. The van der Waals surface area contributed by atoms with Gasteiger partial charge in [0.15, 0.2) is 6.10 Å². The van der Waals surface area contributed by atoms with Crippen molar-refractivity contribution in [3.63, 3.8) is 0 Å². The molecule has 1 fully saturated rings. The number of β-amino-alcohol motifs (C(OH)–C–C–N with tert-alkyl or cyclic N) is 1. The van der Waals surface area contributed by atoms with Gasteiger partial charge in [0.05, 0.1) is 30.3 Å². The van der Waals surface area contributed by atoms with Crippen LogP contribution < -0.4 is 4.74 Å². The third-order valence-corrected chi connectivity index (χ3v) is 3.02. The number of rotatable bonds is 3. The molecule has 1 N–H and O–H groups in total. The van der Waals surface area contributed by atoms with E-state index in [2.05, 4.69) is 0 Å². The van der Waals surface area contributed by atoms with Crippen LogP contribution in [0.15, 0.2) is 24.3 Å². The number of ether oxygens (including phenoxy) is 1. The molecule has 100 valence electrons. The van der Waals surface area contributed by atoms with Gasteiger partial charge in [-0.25, -0.2) is 0 Å². The van der Waals surface area contributed by atoms with E-state index in [4.69, 9.17) is 10.00 Å². The van der Waals surface area contributed by atoms with Gasteiger partial charge in [-0.05, 0) is 38.1 Å². The van der Waals surface area contributed by atoms with Crippen LogP contribution in [-0.4, -0.2) is 40.7 Å². The number of hydrogen-bond donors (Lipinski definition) is 1. The highest BCUT2D eigenvalue weighted by Crippen LogP contribution is 2.22. The molecule has 19 heavy (non-hydrogen) atoms. The highest BCUT2D eigenvalue weighted by molar-refractivity contribution is 5.82. The lowest BCUT2D eigenvalue weighted by Crippen LogP contribution is -2.63. The van der Waals surface area contributed by atoms with Crippen molar-refractivity contribution in [2.75, 3.05) is 13.1 Å². The first-order chi connectivity index (χ1) is 8.91. The van der Waals surface area contributed by atoms with Gasteiger partial charge in [0.25, 0.3) is 5.91 Å². The fourth-order valence-electron chi connectivity index (χ4n) is 2.05. The van der Waals surface area contributed by atoms with E-state index in [0.29, 0.717) is 24.4 Å². The Morgan fingerprint density at radius 1 is 1.47 bits per heavy atom. The third kappa shape index (κ3) is 3.04. The van der Waals surface area contributed by atoms with Crippen molar-refractivity contribution in [1.82, 2.24) is 4.90 Å².